The van der Waals surface area contributed by atoms with Gasteiger partial charge in [0, 0.05) is 11.2 Å². The third-order valence-corrected chi connectivity index (χ3v) is 1.26. The van der Waals surface area contributed by atoms with E-state index in [1.165, 1.54) is 12.2 Å². The Balaban J connectivity index is 4.37. The average molecular weight is 202 g/mol. The Labute approximate surface area is 82.5 Å². The van der Waals surface area contributed by atoms with Crippen LogP contribution in [0.25, 0.3) is 0 Å². The molecule has 0 amide bonds. The molecule has 0 spiro atoms. The number of esters is 1. The van der Waals surface area contributed by atoms with Crippen molar-refractivity contribution in [1.29, 1.82) is 0 Å². The zero-order chi connectivity index (χ0) is 10.3. The van der Waals surface area contributed by atoms with Gasteiger partial charge < -0.3 is 10.5 Å². The van der Waals surface area contributed by atoms with Crippen molar-refractivity contribution in [3.8, 4) is 0 Å². The molecule has 0 saturated heterocycles. The fourth-order valence-corrected chi connectivity index (χ4v) is 0.649. The van der Waals surface area contributed by atoms with Crippen LogP contribution in [-0.2, 0) is 9.53 Å². The highest BCUT2D eigenvalue weighted by Gasteiger charge is 2.05. The number of rotatable bonds is 4. The summed E-state index contributed by atoms with van der Waals surface area (Å²) in [7, 11) is 0. The minimum absolute atomic E-state index is 0.253. The molecule has 0 radical (unpaired) electrons. The van der Waals surface area contributed by atoms with E-state index in [0.29, 0.717) is 11.6 Å². The van der Waals surface area contributed by atoms with Crippen molar-refractivity contribution in [2.75, 3.05) is 6.61 Å². The quantitative estimate of drug-likeness (QED) is 0.428. The number of ether oxygens (including phenoxy) is 1. The molecule has 0 aliphatic rings. The zero-order valence-electron chi connectivity index (χ0n) is 7.42. The van der Waals surface area contributed by atoms with Crippen LogP contribution < -0.4 is 5.73 Å². The Kier molecular flexibility index (Phi) is 5.72. The van der Waals surface area contributed by atoms with Crippen LogP contribution in [0.1, 0.15) is 6.92 Å². The smallest absolute Gasteiger partial charge is 0.339 e. The second-order valence-electron chi connectivity index (χ2n) is 2.12. The number of allylic oxidation sites excluding steroid dienone is 2. The first-order valence-corrected chi connectivity index (χ1v) is 4.11. The monoisotopic (exact) mass is 201 g/mol. The Morgan fingerprint density at radius 1 is 1.62 bits per heavy atom. The average Bonchev–Trinajstić information content (AvgIpc) is 2.05. The second kappa shape index (κ2) is 6.31. The molecule has 0 unspecified atom stereocenters. The Morgan fingerprint density at radius 2 is 2.23 bits per heavy atom. The van der Waals surface area contributed by atoms with Gasteiger partial charge in [0.25, 0.3) is 0 Å². The first-order valence-electron chi connectivity index (χ1n) is 3.73. The molecule has 0 aromatic carbocycles. The predicted octanol–water partition coefficient (Wildman–Crippen LogP) is 1.70. The van der Waals surface area contributed by atoms with E-state index in [-0.39, 0.29) is 5.57 Å². The van der Waals surface area contributed by atoms with Crippen LogP contribution >= 0.6 is 11.6 Å². The van der Waals surface area contributed by atoms with Crippen molar-refractivity contribution in [3.05, 3.63) is 35.5 Å². The van der Waals surface area contributed by atoms with Gasteiger partial charge in [-0.05, 0) is 19.1 Å². The maximum Gasteiger partial charge on any atom is 0.339 e. The molecule has 72 valence electrons. The fourth-order valence-electron chi connectivity index (χ4n) is 0.586. The number of nitrogens with two attached hydrogens (primary N) is 1. The molecule has 0 fully saturated rings. The summed E-state index contributed by atoms with van der Waals surface area (Å²) in [4.78, 5) is 11.1. The van der Waals surface area contributed by atoms with Gasteiger partial charge >= 0.3 is 5.97 Å². The predicted molar refractivity (Wildman–Crippen MR) is 53.0 cm³/mol. The van der Waals surface area contributed by atoms with E-state index in [1.807, 2.05) is 0 Å². The summed E-state index contributed by atoms with van der Waals surface area (Å²) in [6.07, 6.45) is 4.08. The molecule has 0 aromatic rings. The van der Waals surface area contributed by atoms with Gasteiger partial charge in [0.1, 0.15) is 0 Å². The summed E-state index contributed by atoms with van der Waals surface area (Å²) in [5.41, 5.74) is 5.46. The molecule has 2 N–H and O–H groups in total. The van der Waals surface area contributed by atoms with Crippen LogP contribution in [0.4, 0.5) is 0 Å². The van der Waals surface area contributed by atoms with Gasteiger partial charge in [-0.15, -0.1) is 0 Å². The molecule has 0 aliphatic carbocycles. The Hall–Kier alpha value is -1.22. The first-order chi connectivity index (χ1) is 6.11. The van der Waals surface area contributed by atoms with E-state index in [1.54, 1.807) is 6.92 Å². The van der Waals surface area contributed by atoms with Crippen LogP contribution in [-0.4, -0.2) is 12.6 Å². The number of hydrogen-bond donors (Lipinski definition) is 1. The van der Waals surface area contributed by atoms with Crippen LogP contribution in [0.3, 0.4) is 0 Å². The molecule has 0 aliphatic heterocycles. The number of hydrogen-bond acceptors (Lipinski definition) is 3. The lowest BCUT2D eigenvalue weighted by Crippen LogP contribution is -2.07. The normalized spacial score (nSPS) is 11.7. The largest absolute Gasteiger partial charge is 0.462 e. The molecule has 0 atom stereocenters. The van der Waals surface area contributed by atoms with E-state index in [4.69, 9.17) is 22.1 Å². The molecule has 0 rings (SSSR count). The van der Waals surface area contributed by atoms with E-state index >= 15 is 0 Å². The van der Waals surface area contributed by atoms with Gasteiger partial charge in [0.2, 0.25) is 0 Å². The Bertz CT molecular complexity index is 256. The molecular formula is C9H12ClNO2. The summed E-state index contributed by atoms with van der Waals surface area (Å²) >= 11 is 5.46. The summed E-state index contributed by atoms with van der Waals surface area (Å²) < 4.78 is 4.72. The first kappa shape index (κ1) is 11.8. The van der Waals surface area contributed by atoms with Crippen molar-refractivity contribution in [2.24, 2.45) is 5.73 Å². The summed E-state index contributed by atoms with van der Waals surface area (Å²) in [6.45, 7) is 5.46. The molecule has 0 heterocycles. The standard InChI is InChI=1S/C9H12ClNO2/c1-3-13-9(12)8(6-11)5-4-7(2)10/h4-6H,2-3,11H2,1H3/b5-4-,8-6+. The highest BCUT2D eigenvalue weighted by Crippen LogP contribution is 2.04. The van der Waals surface area contributed by atoms with Crippen LogP contribution in [0.5, 0.6) is 0 Å². The van der Waals surface area contributed by atoms with Crippen LogP contribution in [0.15, 0.2) is 35.5 Å². The molecular weight excluding hydrogens is 190 g/mol. The summed E-state index contributed by atoms with van der Waals surface area (Å²) in [5.74, 6) is -0.473. The molecule has 3 nitrogen and oxygen atoms in total. The van der Waals surface area contributed by atoms with Crippen LogP contribution in [0, 0.1) is 0 Å². The second-order valence-corrected chi connectivity index (χ2v) is 2.61. The van der Waals surface area contributed by atoms with Gasteiger partial charge in [-0.3, -0.25) is 0 Å². The minimum atomic E-state index is -0.473. The van der Waals surface area contributed by atoms with Crippen molar-refractivity contribution < 1.29 is 9.53 Å². The summed E-state index contributed by atoms with van der Waals surface area (Å²) in [5, 5.41) is 0.323. The lowest BCUT2D eigenvalue weighted by Gasteiger charge is -2.00. The highest BCUT2D eigenvalue weighted by atomic mass is 35.5. The lowest BCUT2D eigenvalue weighted by atomic mass is 10.2. The number of halogens is 1. The Morgan fingerprint density at radius 3 is 2.62 bits per heavy atom. The van der Waals surface area contributed by atoms with E-state index < -0.39 is 5.97 Å². The molecule has 0 saturated carbocycles. The zero-order valence-corrected chi connectivity index (χ0v) is 8.17. The maximum atomic E-state index is 11.1. The number of carbonyl (C=O) groups is 1. The van der Waals surface area contributed by atoms with Crippen molar-refractivity contribution in [1.82, 2.24) is 0 Å². The van der Waals surface area contributed by atoms with Gasteiger partial charge in [0.15, 0.2) is 0 Å². The van der Waals surface area contributed by atoms with Crippen molar-refractivity contribution in [3.63, 3.8) is 0 Å². The van der Waals surface area contributed by atoms with Crippen LogP contribution in [0.2, 0.25) is 0 Å². The van der Waals surface area contributed by atoms with E-state index in [2.05, 4.69) is 6.58 Å². The maximum absolute atomic E-state index is 11.1. The highest BCUT2D eigenvalue weighted by molar-refractivity contribution is 6.30. The minimum Gasteiger partial charge on any atom is -0.462 e. The third kappa shape index (κ3) is 5.09. The van der Waals surface area contributed by atoms with Crippen molar-refractivity contribution in [2.45, 2.75) is 6.92 Å². The van der Waals surface area contributed by atoms with Gasteiger partial charge in [-0.2, -0.15) is 0 Å². The fraction of sp³-hybridized carbons (Fsp3) is 0.222. The van der Waals surface area contributed by atoms with Gasteiger partial charge in [-0.25, -0.2) is 4.79 Å². The van der Waals surface area contributed by atoms with E-state index in [0.717, 1.165) is 6.20 Å². The lowest BCUT2D eigenvalue weighted by molar-refractivity contribution is -0.138. The molecule has 13 heavy (non-hydrogen) atoms. The van der Waals surface area contributed by atoms with Gasteiger partial charge in [-0.1, -0.05) is 18.2 Å². The topological polar surface area (TPSA) is 52.3 Å². The van der Waals surface area contributed by atoms with Crippen molar-refractivity contribution >= 4 is 17.6 Å². The number of carbonyl (C=O) groups excluding carboxylic acids is 1. The van der Waals surface area contributed by atoms with E-state index in [9.17, 15) is 4.79 Å². The summed E-state index contributed by atoms with van der Waals surface area (Å²) in [6, 6.07) is 0. The SMILES string of the molecule is C=C(Cl)/C=C\C(=C/N)C(=O)OCC. The molecule has 0 bridgehead atoms. The van der Waals surface area contributed by atoms with Gasteiger partial charge in [0.05, 0.1) is 12.2 Å². The third-order valence-electron chi connectivity index (χ3n) is 1.13. The molecule has 0 aromatic heterocycles. The molecule has 4 heteroatoms.